The van der Waals surface area contributed by atoms with E-state index in [1.54, 1.807) is 24.3 Å². The van der Waals surface area contributed by atoms with E-state index in [0.717, 1.165) is 0 Å². The number of imidazole rings is 1. The summed E-state index contributed by atoms with van der Waals surface area (Å²) in [5.41, 5.74) is 0.137. The number of nitrogens with zero attached hydrogens (tertiary/aromatic N) is 2. The Hall–Kier alpha value is -3.13. The molecule has 25 heavy (non-hydrogen) atoms. The number of aromatic amines is 1. The van der Waals surface area contributed by atoms with Crippen LogP contribution in [-0.2, 0) is 11.2 Å². The zero-order chi connectivity index (χ0) is 18.0. The standard InChI is InChI=1S/C16H13ClN4O4/c17-14-10-4-2-1-3-9(10)13(22)12(21-14)15(23)20-11(16(24)25)5-8-6-18-7-19-8/h1-4,6-7,11,22H,5H2,(H,18,19)(H,20,23)(H,24,25). The van der Waals surface area contributed by atoms with Gasteiger partial charge in [0, 0.05) is 23.4 Å². The number of carboxylic acids is 1. The van der Waals surface area contributed by atoms with Crippen LogP contribution >= 0.6 is 11.6 Å². The minimum Gasteiger partial charge on any atom is -0.505 e. The van der Waals surface area contributed by atoms with Crippen LogP contribution in [0, 0.1) is 0 Å². The van der Waals surface area contributed by atoms with Crippen molar-refractivity contribution in [2.45, 2.75) is 12.5 Å². The van der Waals surface area contributed by atoms with Crippen molar-refractivity contribution in [3.05, 3.63) is 53.3 Å². The molecule has 0 saturated carbocycles. The summed E-state index contributed by atoms with van der Waals surface area (Å²) in [5, 5.41) is 22.8. The fourth-order valence-electron chi connectivity index (χ4n) is 2.41. The lowest BCUT2D eigenvalue weighted by molar-refractivity contribution is -0.139. The number of carbonyl (C=O) groups excluding carboxylic acids is 1. The zero-order valence-corrected chi connectivity index (χ0v) is 13.5. The zero-order valence-electron chi connectivity index (χ0n) is 12.7. The Morgan fingerprint density at radius 3 is 2.64 bits per heavy atom. The molecule has 4 N–H and O–H groups in total. The number of benzene rings is 1. The van der Waals surface area contributed by atoms with Crippen LogP contribution in [0.1, 0.15) is 16.2 Å². The summed E-state index contributed by atoms with van der Waals surface area (Å²) in [6.45, 7) is 0. The lowest BCUT2D eigenvalue weighted by Gasteiger charge is -2.14. The molecule has 0 bridgehead atoms. The molecule has 1 atom stereocenters. The van der Waals surface area contributed by atoms with Crippen molar-refractivity contribution >= 4 is 34.2 Å². The molecule has 9 heteroatoms. The summed E-state index contributed by atoms with van der Waals surface area (Å²) >= 11 is 6.06. The molecule has 2 aromatic heterocycles. The second-order valence-corrected chi connectivity index (χ2v) is 5.63. The molecule has 0 saturated heterocycles. The number of fused-ring (bicyclic) bond motifs is 1. The van der Waals surface area contributed by atoms with Gasteiger partial charge in [0.15, 0.2) is 11.4 Å². The molecule has 0 aliphatic rings. The number of aliphatic carboxylic acids is 1. The molecule has 0 spiro atoms. The van der Waals surface area contributed by atoms with Gasteiger partial charge in [0.25, 0.3) is 5.91 Å². The Bertz CT molecular complexity index is 943. The maximum absolute atomic E-state index is 12.4. The van der Waals surface area contributed by atoms with E-state index in [9.17, 15) is 19.8 Å². The fourth-order valence-corrected chi connectivity index (χ4v) is 2.65. The third kappa shape index (κ3) is 3.38. The van der Waals surface area contributed by atoms with E-state index in [1.807, 2.05) is 0 Å². The first-order valence-electron chi connectivity index (χ1n) is 7.26. The average Bonchev–Trinajstić information content (AvgIpc) is 3.10. The number of carboxylic acid groups (broad SMARTS) is 1. The van der Waals surface area contributed by atoms with E-state index in [0.29, 0.717) is 16.5 Å². The highest BCUT2D eigenvalue weighted by atomic mass is 35.5. The van der Waals surface area contributed by atoms with Crippen molar-refractivity contribution in [1.29, 1.82) is 0 Å². The van der Waals surface area contributed by atoms with Gasteiger partial charge in [0.2, 0.25) is 0 Å². The number of carbonyl (C=O) groups is 2. The molecule has 3 aromatic rings. The summed E-state index contributed by atoms with van der Waals surface area (Å²) in [6.07, 6.45) is 2.92. The molecule has 0 aliphatic heterocycles. The predicted molar refractivity (Wildman–Crippen MR) is 89.6 cm³/mol. The van der Waals surface area contributed by atoms with Crippen LogP contribution < -0.4 is 5.32 Å². The van der Waals surface area contributed by atoms with Crippen molar-refractivity contribution in [2.24, 2.45) is 0 Å². The Labute approximate surface area is 146 Å². The number of nitrogens with one attached hydrogen (secondary N) is 2. The van der Waals surface area contributed by atoms with E-state index >= 15 is 0 Å². The van der Waals surface area contributed by atoms with E-state index < -0.39 is 17.9 Å². The van der Waals surface area contributed by atoms with Crippen molar-refractivity contribution < 1.29 is 19.8 Å². The number of hydrogen-bond acceptors (Lipinski definition) is 5. The molecule has 128 valence electrons. The van der Waals surface area contributed by atoms with Gasteiger partial charge in [0.1, 0.15) is 11.2 Å². The van der Waals surface area contributed by atoms with Crippen LogP contribution in [0.25, 0.3) is 10.8 Å². The molecule has 1 unspecified atom stereocenters. The second kappa shape index (κ2) is 6.78. The molecule has 2 heterocycles. The molecule has 0 fully saturated rings. The second-order valence-electron chi connectivity index (χ2n) is 5.27. The average molecular weight is 361 g/mol. The third-order valence-corrected chi connectivity index (χ3v) is 3.91. The Morgan fingerprint density at radius 1 is 1.28 bits per heavy atom. The molecule has 1 amide bonds. The SMILES string of the molecule is O=C(NC(Cc1c[nH]cn1)C(=O)O)c1nc(Cl)c2ccccc2c1O. The first-order chi connectivity index (χ1) is 12.0. The summed E-state index contributed by atoms with van der Waals surface area (Å²) in [5.74, 6) is -2.43. The molecule has 1 aromatic carbocycles. The number of aromatic hydroxyl groups is 1. The molecule has 8 nitrogen and oxygen atoms in total. The number of H-pyrrole nitrogens is 1. The highest BCUT2D eigenvalue weighted by molar-refractivity contribution is 6.34. The lowest BCUT2D eigenvalue weighted by Crippen LogP contribution is -2.42. The monoisotopic (exact) mass is 360 g/mol. The van der Waals surface area contributed by atoms with Crippen molar-refractivity contribution in [1.82, 2.24) is 20.3 Å². The largest absolute Gasteiger partial charge is 0.505 e. The third-order valence-electron chi connectivity index (χ3n) is 3.63. The first kappa shape index (κ1) is 16.7. The Kier molecular flexibility index (Phi) is 4.53. The maximum atomic E-state index is 12.4. The number of hydrogen-bond donors (Lipinski definition) is 4. The smallest absolute Gasteiger partial charge is 0.326 e. The van der Waals surface area contributed by atoms with E-state index in [-0.39, 0.29) is 23.0 Å². The number of aromatic nitrogens is 3. The molecule has 0 aliphatic carbocycles. The quantitative estimate of drug-likeness (QED) is 0.513. The first-order valence-corrected chi connectivity index (χ1v) is 7.63. The highest BCUT2D eigenvalue weighted by Crippen LogP contribution is 2.31. The Balaban J connectivity index is 1.90. The summed E-state index contributed by atoms with van der Waals surface area (Å²) in [6, 6.07) is 5.41. The molecular weight excluding hydrogens is 348 g/mol. The van der Waals surface area contributed by atoms with Gasteiger partial charge in [-0.3, -0.25) is 4.79 Å². The van der Waals surface area contributed by atoms with Crippen LogP contribution in [0.15, 0.2) is 36.8 Å². The molecule has 3 rings (SSSR count). The van der Waals surface area contributed by atoms with Crippen LogP contribution in [0.4, 0.5) is 0 Å². The minimum atomic E-state index is -1.23. The predicted octanol–water partition coefficient (Wildman–Crippen LogP) is 1.74. The van der Waals surface area contributed by atoms with Gasteiger partial charge in [-0.15, -0.1) is 0 Å². The number of pyridine rings is 1. The number of amides is 1. The van der Waals surface area contributed by atoms with Crippen LogP contribution in [-0.4, -0.2) is 43.1 Å². The normalized spacial score (nSPS) is 12.0. The van der Waals surface area contributed by atoms with E-state index in [4.69, 9.17) is 11.6 Å². The van der Waals surface area contributed by atoms with Crippen molar-refractivity contribution in [3.63, 3.8) is 0 Å². The highest BCUT2D eigenvalue weighted by Gasteiger charge is 2.25. The number of halogens is 1. The summed E-state index contributed by atoms with van der Waals surface area (Å²) < 4.78 is 0. The number of rotatable bonds is 5. The van der Waals surface area contributed by atoms with Crippen LogP contribution in [0.5, 0.6) is 5.75 Å². The fraction of sp³-hybridized carbons (Fsp3) is 0.125. The summed E-state index contributed by atoms with van der Waals surface area (Å²) in [7, 11) is 0. The van der Waals surface area contributed by atoms with E-state index in [1.165, 1.54) is 12.5 Å². The van der Waals surface area contributed by atoms with Gasteiger partial charge in [-0.2, -0.15) is 0 Å². The van der Waals surface area contributed by atoms with Gasteiger partial charge in [-0.05, 0) is 0 Å². The minimum absolute atomic E-state index is 0.0212. The van der Waals surface area contributed by atoms with E-state index in [2.05, 4.69) is 20.3 Å². The van der Waals surface area contributed by atoms with Gasteiger partial charge < -0.3 is 20.5 Å². The van der Waals surface area contributed by atoms with Gasteiger partial charge in [-0.1, -0.05) is 35.9 Å². The van der Waals surface area contributed by atoms with Gasteiger partial charge in [-0.25, -0.2) is 14.8 Å². The van der Waals surface area contributed by atoms with Crippen LogP contribution in [0.3, 0.4) is 0 Å². The maximum Gasteiger partial charge on any atom is 0.326 e. The summed E-state index contributed by atoms with van der Waals surface area (Å²) in [4.78, 5) is 34.4. The lowest BCUT2D eigenvalue weighted by atomic mass is 10.1. The van der Waals surface area contributed by atoms with Crippen molar-refractivity contribution in [3.8, 4) is 5.75 Å². The van der Waals surface area contributed by atoms with Gasteiger partial charge in [0.05, 0.1) is 12.0 Å². The topological polar surface area (TPSA) is 128 Å². The molecular formula is C16H13ClN4O4. The van der Waals surface area contributed by atoms with Crippen molar-refractivity contribution in [2.75, 3.05) is 0 Å². The molecule has 0 radical (unpaired) electrons. The van der Waals surface area contributed by atoms with Crippen LogP contribution in [0.2, 0.25) is 5.15 Å². The Morgan fingerprint density at radius 2 is 2.00 bits per heavy atom. The van der Waals surface area contributed by atoms with Gasteiger partial charge >= 0.3 is 5.97 Å².